The topological polar surface area (TPSA) is 95.5 Å². The normalized spacial score (nSPS) is 22.2. The molecule has 3 heterocycles. The van der Waals surface area contributed by atoms with Crippen molar-refractivity contribution in [2.75, 3.05) is 13.1 Å². The number of rotatable bonds is 4. The summed E-state index contributed by atoms with van der Waals surface area (Å²) in [6.45, 7) is 0.323. The van der Waals surface area contributed by atoms with Crippen LogP contribution in [-0.2, 0) is 9.59 Å². The van der Waals surface area contributed by atoms with Crippen molar-refractivity contribution in [3.05, 3.63) is 47.2 Å². The van der Waals surface area contributed by atoms with Crippen molar-refractivity contribution in [3.8, 4) is 11.4 Å². The zero-order valence-electron chi connectivity index (χ0n) is 18.3. The number of hydrogen-bond acceptors (Lipinski definition) is 5. The first-order chi connectivity index (χ1) is 16.0. The molecule has 2 saturated heterocycles. The van der Waals surface area contributed by atoms with Gasteiger partial charge < -0.3 is 10.2 Å². The molecule has 1 saturated carbocycles. The number of hydrogen-bond donors (Lipinski definition) is 1. The minimum Gasteiger partial charge on any atom is -0.333 e. The Morgan fingerprint density at radius 2 is 1.97 bits per heavy atom. The molecular formula is C24H26ClN5O3. The number of benzene rings is 1. The van der Waals surface area contributed by atoms with Gasteiger partial charge in [0.05, 0.1) is 11.7 Å². The van der Waals surface area contributed by atoms with Crippen LogP contribution in [-0.4, -0.2) is 56.2 Å². The Morgan fingerprint density at radius 3 is 2.76 bits per heavy atom. The minimum absolute atomic E-state index is 0.220. The zero-order chi connectivity index (χ0) is 23.0. The molecule has 9 heteroatoms. The highest BCUT2D eigenvalue weighted by Crippen LogP contribution is 2.35. The molecule has 1 spiro atoms. The number of likely N-dealkylation sites (tertiary alicyclic amines) is 1. The Kier molecular flexibility index (Phi) is 5.78. The number of urea groups is 1. The lowest BCUT2D eigenvalue weighted by molar-refractivity contribution is -0.140. The molecule has 1 aromatic heterocycles. The van der Waals surface area contributed by atoms with Crippen LogP contribution in [0.3, 0.4) is 0 Å². The van der Waals surface area contributed by atoms with Gasteiger partial charge in [-0.15, -0.1) is 0 Å². The summed E-state index contributed by atoms with van der Waals surface area (Å²) in [7, 11) is 0. The number of carbonyl (C=O) groups excluding carboxylic acids is 3. The molecule has 33 heavy (non-hydrogen) atoms. The fourth-order valence-electron chi connectivity index (χ4n) is 5.24. The summed E-state index contributed by atoms with van der Waals surface area (Å²) in [5.74, 6) is 0.0426. The predicted octanol–water partition coefficient (Wildman–Crippen LogP) is 3.72. The number of amides is 4. The highest BCUT2D eigenvalue weighted by Gasteiger charge is 2.52. The molecule has 8 nitrogen and oxygen atoms in total. The Hall–Kier alpha value is -3.00. The highest BCUT2D eigenvalue weighted by atomic mass is 35.5. The number of halogens is 1. The zero-order valence-corrected chi connectivity index (χ0v) is 19.1. The second kappa shape index (κ2) is 8.74. The average molecular weight is 468 g/mol. The molecular weight excluding hydrogens is 442 g/mol. The largest absolute Gasteiger partial charge is 0.333 e. The van der Waals surface area contributed by atoms with E-state index in [0.717, 1.165) is 48.3 Å². The van der Waals surface area contributed by atoms with Gasteiger partial charge in [-0.05, 0) is 43.9 Å². The van der Waals surface area contributed by atoms with Crippen molar-refractivity contribution >= 4 is 29.4 Å². The number of nitrogens with zero attached hydrogens (tertiary/aromatic N) is 4. The van der Waals surface area contributed by atoms with Gasteiger partial charge in [0.15, 0.2) is 5.82 Å². The van der Waals surface area contributed by atoms with E-state index < -0.39 is 11.6 Å². The molecule has 2 aliphatic heterocycles. The first-order valence-electron chi connectivity index (χ1n) is 11.5. The van der Waals surface area contributed by atoms with Gasteiger partial charge in [-0.1, -0.05) is 43.0 Å². The molecule has 0 bridgehead atoms. The van der Waals surface area contributed by atoms with Crippen molar-refractivity contribution in [1.29, 1.82) is 0 Å². The summed E-state index contributed by atoms with van der Waals surface area (Å²) in [4.78, 5) is 50.8. The molecule has 5 rings (SSSR count). The summed E-state index contributed by atoms with van der Waals surface area (Å²) in [6, 6.07) is 8.46. The van der Waals surface area contributed by atoms with Crippen molar-refractivity contribution in [2.45, 2.75) is 56.5 Å². The van der Waals surface area contributed by atoms with Gasteiger partial charge in [-0.2, -0.15) is 0 Å². The van der Waals surface area contributed by atoms with Gasteiger partial charge in [0.1, 0.15) is 12.1 Å². The summed E-state index contributed by atoms with van der Waals surface area (Å²) in [5, 5.41) is 3.47. The van der Waals surface area contributed by atoms with E-state index in [-0.39, 0.29) is 24.4 Å². The molecule has 2 aromatic rings. The first kappa shape index (κ1) is 21.8. The van der Waals surface area contributed by atoms with Crippen molar-refractivity contribution < 1.29 is 14.4 Å². The maximum Gasteiger partial charge on any atom is 0.325 e. The van der Waals surface area contributed by atoms with Crippen LogP contribution in [0.2, 0.25) is 5.02 Å². The summed E-state index contributed by atoms with van der Waals surface area (Å²) < 4.78 is 0. The van der Waals surface area contributed by atoms with Crippen LogP contribution >= 0.6 is 11.6 Å². The van der Waals surface area contributed by atoms with E-state index in [2.05, 4.69) is 10.3 Å². The van der Waals surface area contributed by atoms with Crippen molar-refractivity contribution in [2.24, 2.45) is 0 Å². The quantitative estimate of drug-likeness (QED) is 0.691. The first-order valence-corrected chi connectivity index (χ1v) is 11.9. The van der Waals surface area contributed by atoms with Crippen LogP contribution in [0.5, 0.6) is 0 Å². The van der Waals surface area contributed by atoms with Gasteiger partial charge in [-0.3, -0.25) is 14.5 Å². The lowest BCUT2D eigenvalue weighted by Gasteiger charge is -2.30. The second-order valence-electron chi connectivity index (χ2n) is 9.02. The van der Waals surface area contributed by atoms with E-state index >= 15 is 0 Å². The van der Waals surface area contributed by atoms with Crippen LogP contribution in [0.1, 0.15) is 56.7 Å². The lowest BCUT2D eigenvalue weighted by Crippen LogP contribution is -2.49. The molecule has 172 valence electrons. The van der Waals surface area contributed by atoms with E-state index in [1.165, 1.54) is 0 Å². The number of nitrogens with one attached hydrogen (secondary N) is 1. The Bertz CT molecular complexity index is 1100. The maximum absolute atomic E-state index is 13.2. The van der Waals surface area contributed by atoms with E-state index in [9.17, 15) is 14.4 Å². The highest BCUT2D eigenvalue weighted by molar-refractivity contribution is 6.30. The number of imide groups is 1. The van der Waals surface area contributed by atoms with Gasteiger partial charge in [-0.25, -0.2) is 14.8 Å². The molecule has 0 radical (unpaired) electrons. The van der Waals surface area contributed by atoms with Gasteiger partial charge in [0.2, 0.25) is 5.91 Å². The molecule has 1 aromatic carbocycles. The van der Waals surface area contributed by atoms with Gasteiger partial charge in [0.25, 0.3) is 5.91 Å². The molecule has 3 fully saturated rings. The van der Waals surface area contributed by atoms with Crippen LogP contribution < -0.4 is 5.32 Å². The number of aromatic nitrogens is 2. The monoisotopic (exact) mass is 467 g/mol. The summed E-state index contributed by atoms with van der Waals surface area (Å²) >= 11 is 6.11. The molecule has 1 aliphatic carbocycles. The third-order valence-electron chi connectivity index (χ3n) is 6.92. The van der Waals surface area contributed by atoms with E-state index in [0.29, 0.717) is 30.2 Å². The van der Waals surface area contributed by atoms with Crippen molar-refractivity contribution in [3.63, 3.8) is 0 Å². The van der Waals surface area contributed by atoms with Gasteiger partial charge in [0, 0.05) is 23.3 Å². The summed E-state index contributed by atoms with van der Waals surface area (Å²) in [6.07, 6.45) is 7.44. The maximum atomic E-state index is 13.2. The SMILES string of the molecule is O=C1NC2(CCCCC2)C(=O)N1CC(=O)N1CCC[C@H]1c1ccnc(-c2cccc(Cl)c2)n1. The minimum atomic E-state index is -0.821. The predicted molar refractivity (Wildman–Crippen MR) is 122 cm³/mol. The van der Waals surface area contributed by atoms with Crippen LogP contribution in [0.4, 0.5) is 4.79 Å². The fourth-order valence-corrected chi connectivity index (χ4v) is 5.43. The third-order valence-corrected chi connectivity index (χ3v) is 7.16. The van der Waals surface area contributed by atoms with Crippen molar-refractivity contribution in [1.82, 2.24) is 25.1 Å². The average Bonchev–Trinajstić information content (AvgIpc) is 3.40. The Morgan fingerprint density at radius 1 is 1.15 bits per heavy atom. The van der Waals surface area contributed by atoms with Crippen LogP contribution in [0.15, 0.2) is 36.5 Å². The summed E-state index contributed by atoms with van der Waals surface area (Å²) in [5.41, 5.74) is 0.725. The smallest absolute Gasteiger partial charge is 0.325 e. The standard InChI is InChI=1S/C24H26ClN5O3/c25-17-7-4-6-16(14-17)21-26-12-9-18(27-21)19-8-5-13-29(19)20(31)15-30-22(32)24(28-23(30)33)10-2-1-3-11-24/h4,6-7,9,12,14,19H,1-3,5,8,10-11,13,15H2,(H,28,33)/t19-/m0/s1. The molecule has 1 N–H and O–H groups in total. The molecule has 3 aliphatic rings. The van der Waals surface area contributed by atoms with Crippen LogP contribution in [0, 0.1) is 0 Å². The van der Waals surface area contributed by atoms with Crippen LogP contribution in [0.25, 0.3) is 11.4 Å². The van der Waals surface area contributed by atoms with E-state index in [1.807, 2.05) is 18.2 Å². The molecule has 4 amide bonds. The van der Waals surface area contributed by atoms with E-state index in [4.69, 9.17) is 16.6 Å². The Labute approximate surface area is 197 Å². The molecule has 1 atom stereocenters. The van der Waals surface area contributed by atoms with Gasteiger partial charge >= 0.3 is 6.03 Å². The number of carbonyl (C=O) groups is 3. The lowest BCUT2D eigenvalue weighted by atomic mass is 9.82. The Balaban J connectivity index is 1.33. The third kappa shape index (κ3) is 4.08. The molecule has 0 unspecified atom stereocenters. The van der Waals surface area contributed by atoms with E-state index in [1.54, 1.807) is 23.2 Å². The fraction of sp³-hybridized carbons (Fsp3) is 0.458. The second-order valence-corrected chi connectivity index (χ2v) is 9.46.